The van der Waals surface area contributed by atoms with Crippen molar-refractivity contribution >= 4 is 55.1 Å². The lowest BCUT2D eigenvalue weighted by atomic mass is 9.90. The molecule has 0 saturated heterocycles. The first-order chi connectivity index (χ1) is 28.3. The smallest absolute Gasteiger partial charge is 0.135 e. The molecule has 11 rings (SSSR count). The van der Waals surface area contributed by atoms with Crippen molar-refractivity contribution in [1.29, 1.82) is 0 Å². The lowest BCUT2D eigenvalue weighted by Gasteiger charge is -2.31. The molecule has 0 fully saturated rings. The van der Waals surface area contributed by atoms with Gasteiger partial charge >= 0.3 is 0 Å². The first kappa shape index (κ1) is 33.0. The Hall–Kier alpha value is -7.36. The number of allylic oxidation sites excluding steroid dienone is 4. The largest absolute Gasteiger partial charge is 0.456 e. The molecule has 1 unspecified atom stereocenters. The van der Waals surface area contributed by atoms with E-state index in [0.29, 0.717) is 0 Å². The van der Waals surface area contributed by atoms with Gasteiger partial charge in [0.1, 0.15) is 11.2 Å². The van der Waals surface area contributed by atoms with Gasteiger partial charge in [-0.1, -0.05) is 152 Å². The number of anilines is 2. The van der Waals surface area contributed by atoms with Crippen molar-refractivity contribution in [3.05, 3.63) is 224 Å². The van der Waals surface area contributed by atoms with Gasteiger partial charge in [0.15, 0.2) is 0 Å². The predicted molar refractivity (Wildman–Crippen MR) is 239 cm³/mol. The Morgan fingerprint density at radius 3 is 1.88 bits per heavy atom. The summed E-state index contributed by atoms with van der Waals surface area (Å²) in [6.45, 7) is 0. The van der Waals surface area contributed by atoms with Gasteiger partial charge in [0.2, 0.25) is 0 Å². The molecule has 2 heterocycles. The predicted octanol–water partition coefficient (Wildman–Crippen LogP) is 14.8. The highest BCUT2D eigenvalue weighted by molar-refractivity contribution is 6.10. The second-order valence-corrected chi connectivity index (χ2v) is 14.9. The first-order valence-electron chi connectivity index (χ1n) is 19.7. The Kier molecular flexibility index (Phi) is 7.96. The van der Waals surface area contributed by atoms with Crippen LogP contribution in [-0.4, -0.2) is 4.57 Å². The Bertz CT molecular complexity index is 3100. The van der Waals surface area contributed by atoms with Crippen LogP contribution in [0.1, 0.15) is 17.9 Å². The maximum Gasteiger partial charge on any atom is 0.135 e. The Labute approximate surface area is 331 Å². The summed E-state index contributed by atoms with van der Waals surface area (Å²) in [6, 6.07) is 70.0. The lowest BCUT2D eigenvalue weighted by Crippen LogP contribution is -2.19. The fourth-order valence-corrected chi connectivity index (χ4v) is 8.94. The number of rotatable bonds is 7. The molecular formula is C54H38N2O. The molecule has 57 heavy (non-hydrogen) atoms. The molecule has 270 valence electrons. The lowest BCUT2D eigenvalue weighted by molar-refractivity contribution is 0.669. The third-order valence-corrected chi connectivity index (χ3v) is 11.6. The number of hydrogen-bond donors (Lipinski definition) is 0. The Balaban J connectivity index is 1.09. The Morgan fingerprint density at radius 1 is 0.491 bits per heavy atom. The van der Waals surface area contributed by atoms with Crippen LogP contribution in [0.2, 0.25) is 0 Å². The van der Waals surface area contributed by atoms with Crippen LogP contribution < -0.4 is 4.90 Å². The van der Waals surface area contributed by atoms with Gasteiger partial charge in [0.25, 0.3) is 0 Å². The fourth-order valence-electron chi connectivity index (χ4n) is 8.94. The van der Waals surface area contributed by atoms with Crippen LogP contribution in [0, 0.1) is 0 Å². The molecule has 3 heteroatoms. The molecule has 1 aliphatic carbocycles. The van der Waals surface area contributed by atoms with Crippen LogP contribution in [-0.2, 0) is 0 Å². The highest BCUT2D eigenvalue weighted by atomic mass is 16.3. The minimum Gasteiger partial charge on any atom is -0.456 e. The zero-order chi connectivity index (χ0) is 37.7. The Morgan fingerprint density at radius 2 is 1.12 bits per heavy atom. The molecular weight excluding hydrogens is 693 g/mol. The quantitative estimate of drug-likeness (QED) is 0.163. The van der Waals surface area contributed by atoms with Crippen molar-refractivity contribution in [2.45, 2.75) is 12.3 Å². The molecule has 0 amide bonds. The van der Waals surface area contributed by atoms with E-state index in [9.17, 15) is 0 Å². The minimum absolute atomic E-state index is 0.276. The van der Waals surface area contributed by atoms with E-state index in [-0.39, 0.29) is 5.92 Å². The highest BCUT2D eigenvalue weighted by Gasteiger charge is 2.24. The minimum atomic E-state index is 0.276. The maximum absolute atomic E-state index is 6.27. The molecule has 0 spiro atoms. The SMILES string of the molecule is C1=CC(c2ccccc2)CC(N(c2ccc(-c3c(-c4ccccc4)cccc3-n3c4ccccc4c4ccccc43)cc2)c2ccc3oc4ccccc4c3c2)=C1. The van der Waals surface area contributed by atoms with E-state index in [2.05, 4.69) is 210 Å². The van der Waals surface area contributed by atoms with Crippen molar-refractivity contribution in [2.24, 2.45) is 0 Å². The second kappa shape index (κ2) is 13.7. The zero-order valence-electron chi connectivity index (χ0n) is 31.3. The topological polar surface area (TPSA) is 21.3 Å². The summed E-state index contributed by atoms with van der Waals surface area (Å²) in [5.74, 6) is 0.276. The molecule has 0 radical (unpaired) electrons. The molecule has 2 aromatic heterocycles. The third kappa shape index (κ3) is 5.67. The average Bonchev–Trinajstić information content (AvgIpc) is 3.83. The van der Waals surface area contributed by atoms with E-state index in [1.165, 1.54) is 49.8 Å². The molecule has 3 nitrogen and oxygen atoms in total. The normalized spacial score (nSPS) is 14.1. The van der Waals surface area contributed by atoms with Crippen LogP contribution in [0.25, 0.3) is 71.7 Å². The summed E-state index contributed by atoms with van der Waals surface area (Å²) in [7, 11) is 0. The van der Waals surface area contributed by atoms with Crippen LogP contribution in [0.3, 0.4) is 0 Å². The molecule has 0 aliphatic heterocycles. The number of nitrogens with zero attached hydrogens (tertiary/aromatic N) is 2. The van der Waals surface area contributed by atoms with Gasteiger partial charge < -0.3 is 13.9 Å². The van der Waals surface area contributed by atoms with Crippen LogP contribution in [0.5, 0.6) is 0 Å². The van der Waals surface area contributed by atoms with Gasteiger partial charge in [-0.25, -0.2) is 0 Å². The second-order valence-electron chi connectivity index (χ2n) is 14.9. The van der Waals surface area contributed by atoms with Gasteiger partial charge in [-0.2, -0.15) is 0 Å². The van der Waals surface area contributed by atoms with Gasteiger partial charge in [-0.05, 0) is 89.3 Å². The molecule has 10 aromatic rings. The van der Waals surface area contributed by atoms with Crippen molar-refractivity contribution in [1.82, 2.24) is 4.57 Å². The van der Waals surface area contributed by atoms with Gasteiger partial charge in [-0.3, -0.25) is 0 Å². The van der Waals surface area contributed by atoms with Crippen molar-refractivity contribution in [3.63, 3.8) is 0 Å². The molecule has 0 N–H and O–H groups in total. The van der Waals surface area contributed by atoms with E-state index in [0.717, 1.165) is 51.0 Å². The van der Waals surface area contributed by atoms with Crippen molar-refractivity contribution in [3.8, 4) is 27.9 Å². The van der Waals surface area contributed by atoms with Crippen molar-refractivity contribution in [2.75, 3.05) is 4.90 Å². The molecule has 1 atom stereocenters. The summed E-state index contributed by atoms with van der Waals surface area (Å²) in [5, 5.41) is 4.74. The maximum atomic E-state index is 6.27. The summed E-state index contributed by atoms with van der Waals surface area (Å²) >= 11 is 0. The highest BCUT2D eigenvalue weighted by Crippen LogP contribution is 2.44. The summed E-state index contributed by atoms with van der Waals surface area (Å²) in [5.41, 5.74) is 14.8. The van der Waals surface area contributed by atoms with E-state index < -0.39 is 0 Å². The average molecular weight is 731 g/mol. The number of furan rings is 1. The monoisotopic (exact) mass is 730 g/mol. The number of para-hydroxylation sites is 3. The molecule has 0 bridgehead atoms. The number of fused-ring (bicyclic) bond motifs is 6. The zero-order valence-corrected chi connectivity index (χ0v) is 31.3. The third-order valence-electron chi connectivity index (χ3n) is 11.6. The van der Waals surface area contributed by atoms with E-state index >= 15 is 0 Å². The molecule has 0 saturated carbocycles. The number of hydrogen-bond acceptors (Lipinski definition) is 2. The van der Waals surface area contributed by atoms with Crippen LogP contribution >= 0.6 is 0 Å². The standard InChI is InChI=1S/C54H38N2O/c1-3-15-37(16-4-1)40-19-13-20-42(35-40)55(43-33-34-53-48(36-43)47-23-9-12-28-52(47)57-53)41-31-29-39(30-32-41)54-44(38-17-5-2-6-18-38)24-14-27-51(54)56-49-25-10-7-21-45(49)46-22-8-11-26-50(46)56/h1-34,36,40H,35H2. The fraction of sp³-hybridized carbons (Fsp3) is 0.0370. The van der Waals surface area contributed by atoms with Gasteiger partial charge in [0, 0.05) is 50.1 Å². The van der Waals surface area contributed by atoms with Crippen LogP contribution in [0.15, 0.2) is 222 Å². The summed E-state index contributed by atoms with van der Waals surface area (Å²) in [6.07, 6.45) is 7.69. The number of benzene rings is 8. The molecule has 8 aromatic carbocycles. The summed E-state index contributed by atoms with van der Waals surface area (Å²) < 4.78 is 8.72. The van der Waals surface area contributed by atoms with E-state index in [1.54, 1.807) is 0 Å². The molecule has 1 aliphatic rings. The van der Waals surface area contributed by atoms with Gasteiger partial charge in [0.05, 0.1) is 16.7 Å². The van der Waals surface area contributed by atoms with Crippen LogP contribution in [0.4, 0.5) is 11.4 Å². The number of aromatic nitrogens is 1. The van der Waals surface area contributed by atoms with E-state index in [4.69, 9.17) is 4.42 Å². The first-order valence-corrected chi connectivity index (χ1v) is 19.7. The summed E-state index contributed by atoms with van der Waals surface area (Å²) in [4.78, 5) is 2.43. The van der Waals surface area contributed by atoms with E-state index in [1.807, 2.05) is 12.1 Å². The van der Waals surface area contributed by atoms with Crippen molar-refractivity contribution < 1.29 is 4.42 Å². The van der Waals surface area contributed by atoms with Gasteiger partial charge in [-0.15, -0.1) is 0 Å².